The zero-order valence-electron chi connectivity index (χ0n) is 10.9. The minimum Gasteiger partial charge on any atom is -0.345 e. The standard InChI is InChI=1S/C11H25O4P/c1-5-9-10-16(12,15-8-4)11(13-6-2)14-7-3/h11H,5-10H2,1-4H3. The summed E-state index contributed by atoms with van der Waals surface area (Å²) in [6, 6.07) is -0.700. The number of hydrogen-bond donors (Lipinski definition) is 0. The van der Waals surface area contributed by atoms with Gasteiger partial charge in [-0.15, -0.1) is 0 Å². The lowest BCUT2D eigenvalue weighted by Crippen LogP contribution is -2.21. The van der Waals surface area contributed by atoms with E-state index in [0.717, 1.165) is 12.8 Å². The van der Waals surface area contributed by atoms with E-state index in [1.54, 1.807) is 0 Å². The second-order valence-corrected chi connectivity index (χ2v) is 6.02. The molecule has 0 aliphatic heterocycles. The van der Waals surface area contributed by atoms with Gasteiger partial charge in [0.25, 0.3) is 7.37 Å². The average Bonchev–Trinajstić information content (AvgIpc) is 2.26. The van der Waals surface area contributed by atoms with Crippen LogP contribution in [0.2, 0.25) is 0 Å². The first-order chi connectivity index (χ1) is 7.64. The van der Waals surface area contributed by atoms with Crippen molar-refractivity contribution in [3.8, 4) is 0 Å². The van der Waals surface area contributed by atoms with Gasteiger partial charge in [0.15, 0.2) is 0 Å². The van der Waals surface area contributed by atoms with Gasteiger partial charge in [-0.1, -0.05) is 13.3 Å². The first kappa shape index (κ1) is 16.1. The molecule has 1 atom stereocenters. The summed E-state index contributed by atoms with van der Waals surface area (Å²) < 4.78 is 28.8. The fraction of sp³-hybridized carbons (Fsp3) is 1.00. The van der Waals surface area contributed by atoms with E-state index in [-0.39, 0.29) is 0 Å². The first-order valence-electron chi connectivity index (χ1n) is 6.11. The summed E-state index contributed by atoms with van der Waals surface area (Å²) >= 11 is 0. The van der Waals surface area contributed by atoms with Crippen molar-refractivity contribution in [1.82, 2.24) is 0 Å². The molecule has 0 aliphatic rings. The molecule has 0 aromatic rings. The predicted octanol–water partition coefficient (Wildman–Crippen LogP) is 3.46. The Hall–Kier alpha value is 0.110. The van der Waals surface area contributed by atoms with Crippen LogP contribution >= 0.6 is 7.37 Å². The topological polar surface area (TPSA) is 44.8 Å². The van der Waals surface area contributed by atoms with Crippen molar-refractivity contribution in [2.45, 2.75) is 46.6 Å². The fourth-order valence-corrected chi connectivity index (χ4v) is 3.80. The van der Waals surface area contributed by atoms with Gasteiger partial charge in [-0.05, 0) is 27.2 Å². The zero-order chi connectivity index (χ0) is 12.4. The van der Waals surface area contributed by atoms with Crippen LogP contribution in [-0.4, -0.2) is 32.0 Å². The molecule has 0 amide bonds. The molecule has 16 heavy (non-hydrogen) atoms. The van der Waals surface area contributed by atoms with E-state index in [1.165, 1.54) is 0 Å². The van der Waals surface area contributed by atoms with E-state index in [1.807, 2.05) is 20.8 Å². The van der Waals surface area contributed by atoms with Gasteiger partial charge >= 0.3 is 0 Å². The van der Waals surface area contributed by atoms with Gasteiger partial charge in [0.05, 0.1) is 6.61 Å². The minimum absolute atomic E-state index is 0.428. The molecule has 1 unspecified atom stereocenters. The zero-order valence-corrected chi connectivity index (χ0v) is 11.8. The second-order valence-electron chi connectivity index (χ2n) is 3.44. The quantitative estimate of drug-likeness (QED) is 0.441. The SMILES string of the molecule is CCCCP(=O)(OCC)C(OCC)OCC. The summed E-state index contributed by atoms with van der Waals surface area (Å²) in [7, 11) is -2.82. The highest BCUT2D eigenvalue weighted by molar-refractivity contribution is 7.59. The molecule has 0 aliphatic carbocycles. The van der Waals surface area contributed by atoms with Gasteiger partial charge < -0.3 is 14.0 Å². The third-order valence-electron chi connectivity index (χ3n) is 2.11. The molecule has 4 nitrogen and oxygen atoms in total. The van der Waals surface area contributed by atoms with Gasteiger partial charge in [-0.3, -0.25) is 4.57 Å². The Bertz CT molecular complexity index is 202. The normalized spacial score (nSPS) is 15.3. The van der Waals surface area contributed by atoms with Crippen molar-refractivity contribution in [2.24, 2.45) is 0 Å². The van der Waals surface area contributed by atoms with Crippen LogP contribution in [-0.2, 0) is 18.6 Å². The number of unbranched alkanes of at least 4 members (excludes halogenated alkanes) is 1. The van der Waals surface area contributed by atoms with Gasteiger partial charge in [-0.2, -0.15) is 0 Å². The molecular weight excluding hydrogens is 227 g/mol. The largest absolute Gasteiger partial charge is 0.345 e. The highest BCUT2D eigenvalue weighted by Gasteiger charge is 2.34. The minimum atomic E-state index is -2.82. The molecule has 0 fully saturated rings. The van der Waals surface area contributed by atoms with Crippen molar-refractivity contribution in [3.63, 3.8) is 0 Å². The van der Waals surface area contributed by atoms with Crippen molar-refractivity contribution in [2.75, 3.05) is 26.0 Å². The third-order valence-corrected chi connectivity index (χ3v) is 4.69. The van der Waals surface area contributed by atoms with Gasteiger partial charge in [0, 0.05) is 19.4 Å². The molecule has 5 heteroatoms. The van der Waals surface area contributed by atoms with Crippen LogP contribution in [0.1, 0.15) is 40.5 Å². The summed E-state index contributed by atoms with van der Waals surface area (Å²) in [6.07, 6.45) is 2.39. The number of ether oxygens (including phenoxy) is 2. The smallest absolute Gasteiger partial charge is 0.257 e. The van der Waals surface area contributed by atoms with Crippen LogP contribution in [0.4, 0.5) is 0 Å². The molecule has 0 spiro atoms. The molecule has 0 N–H and O–H groups in total. The van der Waals surface area contributed by atoms with E-state index in [9.17, 15) is 4.57 Å². The maximum atomic E-state index is 12.6. The summed E-state index contributed by atoms with van der Waals surface area (Å²) in [4.78, 5) is 0. The van der Waals surface area contributed by atoms with E-state index < -0.39 is 13.4 Å². The first-order valence-corrected chi connectivity index (χ1v) is 7.98. The summed E-state index contributed by atoms with van der Waals surface area (Å²) in [5.74, 6) is 0. The van der Waals surface area contributed by atoms with Crippen LogP contribution in [0.15, 0.2) is 0 Å². The lowest BCUT2D eigenvalue weighted by atomic mass is 10.4. The third kappa shape index (κ3) is 5.44. The van der Waals surface area contributed by atoms with Crippen LogP contribution in [0.5, 0.6) is 0 Å². The predicted molar refractivity (Wildman–Crippen MR) is 66.0 cm³/mol. The van der Waals surface area contributed by atoms with Gasteiger partial charge in [0.2, 0.25) is 6.03 Å². The van der Waals surface area contributed by atoms with Crippen LogP contribution in [0, 0.1) is 0 Å². The molecule has 0 heterocycles. The molecule has 0 saturated carbocycles. The van der Waals surface area contributed by atoms with E-state index in [4.69, 9.17) is 14.0 Å². The molecule has 0 rings (SSSR count). The lowest BCUT2D eigenvalue weighted by molar-refractivity contribution is -0.0888. The fourth-order valence-electron chi connectivity index (χ4n) is 1.39. The molecule has 0 bridgehead atoms. The molecule has 0 saturated heterocycles. The van der Waals surface area contributed by atoms with Crippen molar-refractivity contribution in [3.05, 3.63) is 0 Å². The average molecular weight is 252 g/mol. The van der Waals surface area contributed by atoms with Crippen LogP contribution in [0.25, 0.3) is 0 Å². The van der Waals surface area contributed by atoms with E-state index >= 15 is 0 Å². The van der Waals surface area contributed by atoms with Crippen molar-refractivity contribution in [1.29, 1.82) is 0 Å². The highest BCUT2D eigenvalue weighted by atomic mass is 31.2. The Morgan fingerprint density at radius 1 is 1.00 bits per heavy atom. The maximum Gasteiger partial charge on any atom is 0.257 e. The van der Waals surface area contributed by atoms with Crippen molar-refractivity contribution < 1.29 is 18.6 Å². The Kier molecular flexibility index (Phi) is 9.24. The Morgan fingerprint density at radius 3 is 1.94 bits per heavy atom. The molecular formula is C11H25O4P. The molecule has 0 aromatic heterocycles. The monoisotopic (exact) mass is 252 g/mol. The second kappa shape index (κ2) is 9.17. The summed E-state index contributed by atoms with van der Waals surface area (Å²) in [6.45, 7) is 9.02. The Morgan fingerprint density at radius 2 is 1.56 bits per heavy atom. The van der Waals surface area contributed by atoms with Crippen LogP contribution < -0.4 is 0 Å². The van der Waals surface area contributed by atoms with Gasteiger partial charge in [-0.25, -0.2) is 0 Å². The maximum absolute atomic E-state index is 12.6. The molecule has 98 valence electrons. The summed E-state index contributed by atoms with van der Waals surface area (Å²) in [5.41, 5.74) is 0. The molecule has 0 aromatic carbocycles. The van der Waals surface area contributed by atoms with E-state index in [0.29, 0.717) is 26.0 Å². The summed E-state index contributed by atoms with van der Waals surface area (Å²) in [5, 5.41) is 0. The number of hydrogen-bond acceptors (Lipinski definition) is 4. The van der Waals surface area contributed by atoms with Crippen molar-refractivity contribution >= 4 is 7.37 Å². The Balaban J connectivity index is 4.58. The molecule has 0 radical (unpaired) electrons. The lowest BCUT2D eigenvalue weighted by Gasteiger charge is -2.26. The number of rotatable bonds is 10. The van der Waals surface area contributed by atoms with Gasteiger partial charge in [0.1, 0.15) is 0 Å². The van der Waals surface area contributed by atoms with E-state index in [2.05, 4.69) is 6.92 Å². The van der Waals surface area contributed by atoms with Crippen LogP contribution in [0.3, 0.4) is 0 Å². The highest BCUT2D eigenvalue weighted by Crippen LogP contribution is 2.53. The Labute approximate surface area is 99.1 Å².